The maximum atomic E-state index is 9.38. The molecule has 0 aliphatic carbocycles. The highest BCUT2D eigenvalue weighted by Crippen LogP contribution is 2.40. The molecule has 1 aromatic heterocycles. The summed E-state index contributed by atoms with van der Waals surface area (Å²) in [6.07, 6.45) is 0. The van der Waals surface area contributed by atoms with Crippen LogP contribution in [0.1, 0.15) is 1.37 Å². The highest BCUT2D eigenvalue weighted by Gasteiger charge is 2.14. The first-order valence-electron chi connectivity index (χ1n) is 16.8. The van der Waals surface area contributed by atoms with E-state index >= 15 is 0 Å². The molecule has 0 radical (unpaired) electrons. The van der Waals surface area contributed by atoms with Crippen LogP contribution in [0.3, 0.4) is 0 Å². The SMILES string of the molecule is [2H]c1c(-c2ccc(-c3ccccc3)cc2)nc(-c2ccccc2)nc1-c1ccc(-c2c3ccccc3cc3c2ccc2ccccc23)cc1. The number of nitrogens with zero attached hydrogens (tertiary/aromatic N) is 2. The van der Waals surface area contributed by atoms with Crippen molar-refractivity contribution in [1.82, 2.24) is 9.97 Å². The first kappa shape index (κ1) is 26.8. The summed E-state index contributed by atoms with van der Waals surface area (Å²) >= 11 is 0. The van der Waals surface area contributed by atoms with Gasteiger partial charge in [-0.15, -0.1) is 0 Å². The summed E-state index contributed by atoms with van der Waals surface area (Å²) < 4.78 is 9.38. The molecular formula is C46H30N2. The molecule has 0 saturated heterocycles. The monoisotopic (exact) mass is 611 g/mol. The third-order valence-corrected chi connectivity index (χ3v) is 9.19. The van der Waals surface area contributed by atoms with Gasteiger partial charge in [0.15, 0.2) is 5.82 Å². The Morgan fingerprint density at radius 2 is 0.833 bits per heavy atom. The summed E-state index contributed by atoms with van der Waals surface area (Å²) in [5, 5.41) is 7.38. The predicted molar refractivity (Wildman–Crippen MR) is 202 cm³/mol. The Labute approximate surface area is 281 Å². The lowest BCUT2D eigenvalue weighted by atomic mass is 9.89. The van der Waals surface area contributed by atoms with E-state index in [1.165, 1.54) is 37.9 Å². The molecule has 9 aromatic rings. The van der Waals surface area contributed by atoms with Crippen LogP contribution in [0.2, 0.25) is 0 Å². The molecule has 0 spiro atoms. The molecule has 0 amide bonds. The van der Waals surface area contributed by atoms with Crippen molar-refractivity contribution in [3.63, 3.8) is 0 Å². The number of aromatic nitrogens is 2. The van der Waals surface area contributed by atoms with Gasteiger partial charge >= 0.3 is 0 Å². The molecular weight excluding hydrogens is 581 g/mol. The van der Waals surface area contributed by atoms with Crippen molar-refractivity contribution in [2.24, 2.45) is 0 Å². The second kappa shape index (κ2) is 11.8. The minimum atomic E-state index is 0.307. The molecule has 0 aliphatic heterocycles. The molecule has 9 rings (SSSR count). The van der Waals surface area contributed by atoms with Crippen molar-refractivity contribution in [2.75, 3.05) is 0 Å². The van der Waals surface area contributed by atoms with Gasteiger partial charge in [0.2, 0.25) is 0 Å². The van der Waals surface area contributed by atoms with Crippen LogP contribution in [0.15, 0.2) is 182 Å². The van der Waals surface area contributed by atoms with Gasteiger partial charge in [-0.1, -0.05) is 170 Å². The summed E-state index contributed by atoms with van der Waals surface area (Å²) in [6.45, 7) is 0. The van der Waals surface area contributed by atoms with E-state index in [1.807, 2.05) is 48.5 Å². The molecule has 1 heterocycles. The van der Waals surface area contributed by atoms with E-state index in [1.54, 1.807) is 0 Å². The number of rotatable bonds is 5. The van der Waals surface area contributed by atoms with Crippen LogP contribution in [0.4, 0.5) is 0 Å². The Morgan fingerprint density at radius 3 is 1.50 bits per heavy atom. The second-order valence-electron chi connectivity index (χ2n) is 12.1. The fraction of sp³-hybridized carbons (Fsp3) is 0. The first-order valence-corrected chi connectivity index (χ1v) is 16.3. The van der Waals surface area contributed by atoms with Crippen molar-refractivity contribution in [3.05, 3.63) is 182 Å². The largest absolute Gasteiger partial charge is 0.228 e. The molecule has 2 nitrogen and oxygen atoms in total. The molecule has 0 fully saturated rings. The van der Waals surface area contributed by atoms with Crippen LogP contribution in [0.5, 0.6) is 0 Å². The van der Waals surface area contributed by atoms with Gasteiger partial charge in [0.1, 0.15) is 0 Å². The standard InChI is InChI=1S/C46H30N2/c1-3-11-31(12-4-1)32-19-21-34(22-20-32)43-30-44(48-46(47-43)37-14-5-2-6-15-37)35-23-25-36(26-24-35)45-40-18-10-8-16-38(40)29-42-39-17-9-7-13-33(39)27-28-41(42)45/h1-30H/i30D. The normalized spacial score (nSPS) is 11.6. The van der Waals surface area contributed by atoms with E-state index in [0.29, 0.717) is 23.3 Å². The Kier molecular flexibility index (Phi) is 6.57. The number of hydrogen-bond donors (Lipinski definition) is 0. The molecule has 48 heavy (non-hydrogen) atoms. The van der Waals surface area contributed by atoms with Crippen molar-refractivity contribution in [3.8, 4) is 56.2 Å². The van der Waals surface area contributed by atoms with E-state index in [4.69, 9.17) is 9.97 Å². The smallest absolute Gasteiger partial charge is 0.160 e. The average Bonchev–Trinajstić information content (AvgIpc) is 3.18. The van der Waals surface area contributed by atoms with Crippen LogP contribution in [-0.4, -0.2) is 9.97 Å². The number of hydrogen-bond acceptors (Lipinski definition) is 2. The lowest BCUT2D eigenvalue weighted by molar-refractivity contribution is 1.18. The molecule has 0 N–H and O–H groups in total. The van der Waals surface area contributed by atoms with Gasteiger partial charge in [-0.25, -0.2) is 9.97 Å². The van der Waals surface area contributed by atoms with Gasteiger partial charge in [-0.05, 0) is 66.7 Å². The highest BCUT2D eigenvalue weighted by atomic mass is 14.9. The summed E-state index contributed by atoms with van der Waals surface area (Å²) in [5.74, 6) is 0.602. The number of fused-ring (bicyclic) bond motifs is 4. The average molecular weight is 612 g/mol. The molecule has 8 aromatic carbocycles. The fourth-order valence-corrected chi connectivity index (χ4v) is 6.77. The summed E-state index contributed by atoms with van der Waals surface area (Å²) in [5.41, 5.74) is 8.51. The fourth-order valence-electron chi connectivity index (χ4n) is 6.77. The van der Waals surface area contributed by atoms with Crippen molar-refractivity contribution < 1.29 is 1.37 Å². The quantitative estimate of drug-likeness (QED) is 0.143. The Hall–Kier alpha value is -6.38. The van der Waals surface area contributed by atoms with E-state index in [2.05, 4.69) is 127 Å². The van der Waals surface area contributed by atoms with E-state index < -0.39 is 0 Å². The number of benzene rings is 8. The highest BCUT2D eigenvalue weighted by molar-refractivity contribution is 6.20. The van der Waals surface area contributed by atoms with Gasteiger partial charge in [-0.2, -0.15) is 0 Å². The van der Waals surface area contributed by atoms with Crippen LogP contribution in [0, 0.1) is 0 Å². The molecule has 2 heteroatoms. The third kappa shape index (κ3) is 5.01. The predicted octanol–water partition coefficient (Wildman–Crippen LogP) is 12.3. The minimum absolute atomic E-state index is 0.307. The van der Waals surface area contributed by atoms with Crippen LogP contribution in [0.25, 0.3) is 88.5 Å². The van der Waals surface area contributed by atoms with Crippen LogP contribution in [-0.2, 0) is 0 Å². The maximum absolute atomic E-state index is 9.38. The zero-order valence-electron chi connectivity index (χ0n) is 27.1. The van der Waals surface area contributed by atoms with Crippen molar-refractivity contribution in [1.29, 1.82) is 0 Å². The lowest BCUT2D eigenvalue weighted by Crippen LogP contribution is -1.96. The van der Waals surface area contributed by atoms with Crippen molar-refractivity contribution in [2.45, 2.75) is 0 Å². The second-order valence-corrected chi connectivity index (χ2v) is 12.1. The first-order chi connectivity index (χ1) is 24.2. The van der Waals surface area contributed by atoms with Gasteiger partial charge in [0, 0.05) is 16.7 Å². The summed E-state index contributed by atoms with van der Waals surface area (Å²) in [7, 11) is 0. The Morgan fingerprint density at radius 1 is 0.333 bits per heavy atom. The van der Waals surface area contributed by atoms with Crippen molar-refractivity contribution >= 4 is 32.3 Å². The topological polar surface area (TPSA) is 25.8 Å². The zero-order chi connectivity index (χ0) is 32.7. The molecule has 0 unspecified atom stereocenters. The Balaban J connectivity index is 1.19. The van der Waals surface area contributed by atoms with Crippen LogP contribution >= 0.6 is 0 Å². The van der Waals surface area contributed by atoms with E-state index in [9.17, 15) is 1.37 Å². The third-order valence-electron chi connectivity index (χ3n) is 9.19. The maximum Gasteiger partial charge on any atom is 0.160 e. The van der Waals surface area contributed by atoms with Gasteiger partial charge in [0.25, 0.3) is 0 Å². The minimum Gasteiger partial charge on any atom is -0.228 e. The van der Waals surface area contributed by atoms with Gasteiger partial charge < -0.3 is 0 Å². The van der Waals surface area contributed by atoms with Gasteiger partial charge in [0.05, 0.1) is 12.8 Å². The molecule has 0 aliphatic rings. The lowest BCUT2D eigenvalue weighted by Gasteiger charge is -2.15. The van der Waals surface area contributed by atoms with Crippen LogP contribution < -0.4 is 0 Å². The molecule has 224 valence electrons. The molecule has 0 atom stereocenters. The van der Waals surface area contributed by atoms with Gasteiger partial charge in [-0.3, -0.25) is 0 Å². The van der Waals surface area contributed by atoms with E-state index in [0.717, 1.165) is 33.4 Å². The zero-order valence-corrected chi connectivity index (χ0v) is 26.1. The Bertz CT molecular complexity index is 2630. The molecule has 0 bridgehead atoms. The summed E-state index contributed by atoms with van der Waals surface area (Å²) in [4.78, 5) is 9.96. The van der Waals surface area contributed by atoms with E-state index in [-0.39, 0.29) is 0 Å². The molecule has 0 saturated carbocycles. The summed E-state index contributed by atoms with van der Waals surface area (Å²) in [6, 6.07) is 61.5.